The summed E-state index contributed by atoms with van der Waals surface area (Å²) in [7, 11) is 0. The van der Waals surface area contributed by atoms with E-state index in [9.17, 15) is 9.59 Å². The predicted octanol–water partition coefficient (Wildman–Crippen LogP) is 3.04. The van der Waals surface area contributed by atoms with Crippen molar-refractivity contribution in [2.75, 3.05) is 18.4 Å². The van der Waals surface area contributed by atoms with Crippen LogP contribution in [0.4, 0.5) is 5.82 Å². The maximum atomic E-state index is 12.2. The predicted molar refractivity (Wildman–Crippen MR) is 91.1 cm³/mol. The van der Waals surface area contributed by atoms with Crippen LogP contribution in [0.15, 0.2) is 42.6 Å². The Labute approximate surface area is 141 Å². The quantitative estimate of drug-likeness (QED) is 0.680. The van der Waals surface area contributed by atoms with Gasteiger partial charge in [-0.05, 0) is 31.9 Å². The van der Waals surface area contributed by atoms with Gasteiger partial charge in [0.2, 0.25) is 11.8 Å². The third-order valence-corrected chi connectivity index (χ3v) is 3.92. The monoisotopic (exact) mass is 333 g/mol. The number of amides is 2. The smallest absolute Gasteiger partial charge is 0.246 e. The molecule has 0 unspecified atom stereocenters. The van der Waals surface area contributed by atoms with Gasteiger partial charge in [0.05, 0.1) is 5.02 Å². The molecule has 0 radical (unpaired) electrons. The van der Waals surface area contributed by atoms with Crippen molar-refractivity contribution in [2.45, 2.75) is 19.8 Å². The van der Waals surface area contributed by atoms with Gasteiger partial charge in [0, 0.05) is 31.3 Å². The molecule has 1 N–H and O–H groups in total. The highest BCUT2D eigenvalue weighted by Gasteiger charge is 2.26. The molecule has 1 aliphatic heterocycles. The SMILES string of the molecule is CC=CC=CC(=O)N1CCC(C(=O)Nc2ccc(Cl)cn2)CC1. The molecular weight excluding hydrogens is 314 g/mol. The van der Waals surface area contributed by atoms with E-state index < -0.39 is 0 Å². The molecule has 122 valence electrons. The van der Waals surface area contributed by atoms with Crippen LogP contribution in [0.25, 0.3) is 0 Å². The van der Waals surface area contributed by atoms with Crippen molar-refractivity contribution >= 4 is 29.2 Å². The van der Waals surface area contributed by atoms with Crippen LogP contribution in [0, 0.1) is 5.92 Å². The molecule has 2 amide bonds. The molecule has 0 bridgehead atoms. The van der Waals surface area contributed by atoms with Crippen LogP contribution in [-0.2, 0) is 9.59 Å². The summed E-state index contributed by atoms with van der Waals surface area (Å²) in [6, 6.07) is 3.35. The van der Waals surface area contributed by atoms with Gasteiger partial charge >= 0.3 is 0 Å². The third-order valence-electron chi connectivity index (χ3n) is 3.70. The van der Waals surface area contributed by atoms with Crippen LogP contribution in [0.3, 0.4) is 0 Å². The normalized spacial score (nSPS) is 16.2. The van der Waals surface area contributed by atoms with Gasteiger partial charge in [-0.3, -0.25) is 9.59 Å². The summed E-state index contributed by atoms with van der Waals surface area (Å²) in [4.78, 5) is 30.0. The lowest BCUT2D eigenvalue weighted by Gasteiger charge is -2.30. The Morgan fingerprint density at radius 3 is 2.65 bits per heavy atom. The van der Waals surface area contributed by atoms with Gasteiger partial charge in [0.1, 0.15) is 5.82 Å². The van der Waals surface area contributed by atoms with Gasteiger partial charge in [-0.15, -0.1) is 0 Å². The molecule has 2 heterocycles. The number of halogens is 1. The van der Waals surface area contributed by atoms with E-state index in [4.69, 9.17) is 11.6 Å². The standard InChI is InChI=1S/C17H20ClN3O2/c1-2-3-4-5-16(22)21-10-8-13(9-11-21)17(23)20-15-7-6-14(18)12-19-15/h2-7,12-13H,8-11H2,1H3,(H,19,20,23). The summed E-state index contributed by atoms with van der Waals surface area (Å²) in [5, 5.41) is 3.32. The molecule has 1 aromatic rings. The first-order valence-corrected chi connectivity index (χ1v) is 7.98. The number of likely N-dealkylation sites (tertiary alicyclic amines) is 1. The van der Waals surface area contributed by atoms with Crippen LogP contribution < -0.4 is 5.32 Å². The van der Waals surface area contributed by atoms with Gasteiger partial charge in [0.25, 0.3) is 0 Å². The molecule has 0 aromatic carbocycles. The molecule has 0 saturated carbocycles. The summed E-state index contributed by atoms with van der Waals surface area (Å²) in [6.07, 6.45) is 9.77. The van der Waals surface area contributed by atoms with Crippen LogP contribution >= 0.6 is 11.6 Å². The molecule has 1 fully saturated rings. The molecule has 2 rings (SSSR count). The molecule has 0 atom stereocenters. The van der Waals surface area contributed by atoms with Gasteiger partial charge in [-0.2, -0.15) is 0 Å². The van der Waals surface area contributed by atoms with Gasteiger partial charge < -0.3 is 10.2 Å². The molecule has 6 heteroatoms. The van der Waals surface area contributed by atoms with Crippen molar-refractivity contribution in [2.24, 2.45) is 5.92 Å². The Balaban J connectivity index is 1.82. The molecule has 23 heavy (non-hydrogen) atoms. The highest BCUT2D eigenvalue weighted by atomic mass is 35.5. The lowest BCUT2D eigenvalue weighted by molar-refractivity contribution is -0.130. The fourth-order valence-electron chi connectivity index (χ4n) is 2.39. The second-order valence-electron chi connectivity index (χ2n) is 5.34. The highest BCUT2D eigenvalue weighted by molar-refractivity contribution is 6.30. The number of carbonyl (C=O) groups excluding carboxylic acids is 2. The zero-order valence-electron chi connectivity index (χ0n) is 13.0. The van der Waals surface area contributed by atoms with Crippen LogP contribution in [-0.4, -0.2) is 34.8 Å². The maximum absolute atomic E-state index is 12.2. The van der Waals surface area contributed by atoms with E-state index in [-0.39, 0.29) is 17.7 Å². The van der Waals surface area contributed by atoms with Gasteiger partial charge in [0.15, 0.2) is 0 Å². The fourth-order valence-corrected chi connectivity index (χ4v) is 2.51. The number of pyridine rings is 1. The van der Waals surface area contributed by atoms with Crippen molar-refractivity contribution in [3.63, 3.8) is 0 Å². The Morgan fingerprint density at radius 1 is 1.30 bits per heavy atom. The summed E-state index contributed by atoms with van der Waals surface area (Å²) >= 11 is 5.77. The molecular formula is C17H20ClN3O2. The molecule has 1 saturated heterocycles. The lowest BCUT2D eigenvalue weighted by Crippen LogP contribution is -2.40. The van der Waals surface area contributed by atoms with E-state index in [1.807, 2.05) is 19.1 Å². The first kappa shape index (κ1) is 17.2. The van der Waals surface area contributed by atoms with E-state index in [1.54, 1.807) is 29.2 Å². The van der Waals surface area contributed by atoms with E-state index in [2.05, 4.69) is 10.3 Å². The second kappa shape index (κ2) is 8.48. The minimum atomic E-state index is -0.101. The third kappa shape index (κ3) is 5.21. The first-order valence-electron chi connectivity index (χ1n) is 7.61. The zero-order chi connectivity index (χ0) is 16.7. The Morgan fingerprint density at radius 2 is 2.04 bits per heavy atom. The number of carbonyl (C=O) groups is 2. The number of nitrogens with zero attached hydrogens (tertiary/aromatic N) is 2. The van der Waals surface area contributed by atoms with Crippen LogP contribution in [0.5, 0.6) is 0 Å². The summed E-state index contributed by atoms with van der Waals surface area (Å²) in [6.45, 7) is 3.07. The van der Waals surface area contributed by atoms with Gasteiger partial charge in [-0.1, -0.05) is 29.8 Å². The van der Waals surface area contributed by atoms with Crippen LogP contribution in [0.1, 0.15) is 19.8 Å². The number of aromatic nitrogens is 1. The number of piperidine rings is 1. The van der Waals surface area contributed by atoms with E-state index in [0.717, 1.165) is 0 Å². The highest BCUT2D eigenvalue weighted by Crippen LogP contribution is 2.19. The number of hydrogen-bond acceptors (Lipinski definition) is 3. The molecule has 0 spiro atoms. The maximum Gasteiger partial charge on any atom is 0.246 e. The Kier molecular flexibility index (Phi) is 6.35. The molecule has 0 aliphatic carbocycles. The number of nitrogens with one attached hydrogen (secondary N) is 1. The summed E-state index contributed by atoms with van der Waals surface area (Å²) < 4.78 is 0. The minimum Gasteiger partial charge on any atom is -0.339 e. The average molecular weight is 334 g/mol. The molecule has 1 aliphatic rings. The van der Waals surface area contributed by atoms with Gasteiger partial charge in [-0.25, -0.2) is 4.98 Å². The van der Waals surface area contributed by atoms with Crippen molar-refractivity contribution in [3.05, 3.63) is 47.7 Å². The summed E-state index contributed by atoms with van der Waals surface area (Å²) in [5.74, 6) is 0.320. The number of rotatable bonds is 4. The minimum absolute atomic E-state index is 0.0127. The fraction of sp³-hybridized carbons (Fsp3) is 0.353. The van der Waals surface area contributed by atoms with E-state index >= 15 is 0 Å². The van der Waals surface area contributed by atoms with Crippen molar-refractivity contribution in [3.8, 4) is 0 Å². The van der Waals surface area contributed by atoms with Crippen molar-refractivity contribution in [1.29, 1.82) is 0 Å². The number of hydrogen-bond donors (Lipinski definition) is 1. The zero-order valence-corrected chi connectivity index (χ0v) is 13.8. The number of anilines is 1. The average Bonchev–Trinajstić information content (AvgIpc) is 2.57. The molecule has 1 aromatic heterocycles. The largest absolute Gasteiger partial charge is 0.339 e. The number of allylic oxidation sites excluding steroid dienone is 3. The van der Waals surface area contributed by atoms with Crippen molar-refractivity contribution in [1.82, 2.24) is 9.88 Å². The first-order chi connectivity index (χ1) is 11.1. The van der Waals surface area contributed by atoms with Crippen molar-refractivity contribution < 1.29 is 9.59 Å². The Hall–Kier alpha value is -2.14. The lowest BCUT2D eigenvalue weighted by atomic mass is 9.96. The van der Waals surface area contributed by atoms with Crippen LogP contribution in [0.2, 0.25) is 5.02 Å². The summed E-state index contributed by atoms with van der Waals surface area (Å²) in [5.41, 5.74) is 0. The Bertz CT molecular complexity index is 603. The van der Waals surface area contributed by atoms with E-state index in [0.29, 0.717) is 36.8 Å². The van der Waals surface area contributed by atoms with E-state index in [1.165, 1.54) is 6.20 Å². The topological polar surface area (TPSA) is 62.3 Å². The molecule has 5 nitrogen and oxygen atoms in total. The second-order valence-corrected chi connectivity index (χ2v) is 5.77.